The van der Waals surface area contributed by atoms with Gasteiger partial charge in [0.25, 0.3) is 0 Å². The molecule has 0 spiro atoms. The van der Waals surface area contributed by atoms with E-state index in [1.165, 1.54) is 5.57 Å². The molecular weight excluding hydrogens is 292 g/mol. The van der Waals surface area contributed by atoms with Crippen LogP contribution in [0.25, 0.3) is 0 Å². The number of allylic oxidation sites excluding steroid dienone is 1. The highest BCUT2D eigenvalue weighted by atomic mass is 16.5. The standard InChI is InChI=1S/C19H24O4/c1-11(9-20)18(21)23-17-16-12(2)10-22-15(16)8-14-7-5-6-13(3)19(14,17)4/h7,10,13,17,20H,1,5-6,8-9H2,2-4H3/t13-,17-,19+/m0/s1. The van der Waals surface area contributed by atoms with Crippen LogP contribution in [0, 0.1) is 18.3 Å². The van der Waals surface area contributed by atoms with Crippen LogP contribution in [0.5, 0.6) is 0 Å². The predicted molar refractivity (Wildman–Crippen MR) is 86.8 cm³/mol. The summed E-state index contributed by atoms with van der Waals surface area (Å²) in [6.45, 7) is 9.57. The number of hydrogen-bond donors (Lipinski definition) is 1. The number of fused-ring (bicyclic) bond motifs is 2. The number of esters is 1. The maximum Gasteiger partial charge on any atom is 0.336 e. The van der Waals surface area contributed by atoms with E-state index in [2.05, 4.69) is 26.5 Å². The minimum absolute atomic E-state index is 0.0795. The first-order valence-electron chi connectivity index (χ1n) is 8.15. The molecule has 4 heteroatoms. The van der Waals surface area contributed by atoms with Gasteiger partial charge in [0, 0.05) is 17.4 Å². The monoisotopic (exact) mass is 316 g/mol. The normalized spacial score (nSPS) is 29.3. The van der Waals surface area contributed by atoms with E-state index in [1.54, 1.807) is 6.26 Å². The molecule has 23 heavy (non-hydrogen) atoms. The van der Waals surface area contributed by atoms with Gasteiger partial charge in [0.1, 0.15) is 11.9 Å². The molecule has 4 nitrogen and oxygen atoms in total. The van der Waals surface area contributed by atoms with Crippen LogP contribution in [0.3, 0.4) is 0 Å². The van der Waals surface area contributed by atoms with Crippen LogP contribution in [0.4, 0.5) is 0 Å². The quantitative estimate of drug-likeness (QED) is 0.525. The van der Waals surface area contributed by atoms with Crippen LogP contribution in [-0.4, -0.2) is 17.7 Å². The summed E-state index contributed by atoms with van der Waals surface area (Å²) in [5, 5.41) is 9.16. The summed E-state index contributed by atoms with van der Waals surface area (Å²) in [5.41, 5.74) is 3.11. The Kier molecular flexibility index (Phi) is 3.96. The minimum Gasteiger partial charge on any atom is -0.468 e. The lowest BCUT2D eigenvalue weighted by Gasteiger charge is -2.48. The fraction of sp³-hybridized carbons (Fsp3) is 0.526. The number of hydrogen-bond acceptors (Lipinski definition) is 4. The Morgan fingerprint density at radius 3 is 3.00 bits per heavy atom. The number of aryl methyl sites for hydroxylation is 1. The maximum absolute atomic E-state index is 12.3. The van der Waals surface area contributed by atoms with Gasteiger partial charge in [-0.2, -0.15) is 0 Å². The van der Waals surface area contributed by atoms with Gasteiger partial charge in [-0.3, -0.25) is 0 Å². The first-order chi connectivity index (χ1) is 10.9. The molecule has 0 bridgehead atoms. The van der Waals surface area contributed by atoms with Gasteiger partial charge in [0.15, 0.2) is 0 Å². The van der Waals surface area contributed by atoms with E-state index in [1.807, 2.05) is 6.92 Å². The van der Waals surface area contributed by atoms with Crippen molar-refractivity contribution in [3.8, 4) is 0 Å². The molecule has 0 aromatic carbocycles. The SMILES string of the molecule is C=C(CO)C(=O)O[C@H]1c2c(C)coc2CC2=CCC[C@H](C)[C@]21C. The summed E-state index contributed by atoms with van der Waals surface area (Å²) in [4.78, 5) is 12.3. The Morgan fingerprint density at radius 2 is 2.30 bits per heavy atom. The fourth-order valence-electron chi connectivity index (χ4n) is 3.94. The molecule has 0 unspecified atom stereocenters. The summed E-state index contributed by atoms with van der Waals surface area (Å²) >= 11 is 0. The number of aliphatic hydroxyl groups is 1. The van der Waals surface area contributed by atoms with Gasteiger partial charge >= 0.3 is 5.97 Å². The van der Waals surface area contributed by atoms with Crippen molar-refractivity contribution in [1.82, 2.24) is 0 Å². The summed E-state index contributed by atoms with van der Waals surface area (Å²) in [7, 11) is 0. The van der Waals surface area contributed by atoms with Gasteiger partial charge in [0.2, 0.25) is 0 Å². The number of furan rings is 1. The van der Waals surface area contributed by atoms with Crippen LogP contribution in [0.1, 0.15) is 49.7 Å². The molecule has 0 amide bonds. The lowest BCUT2D eigenvalue weighted by Crippen LogP contribution is -2.42. The lowest BCUT2D eigenvalue weighted by molar-refractivity contribution is -0.154. The zero-order valence-electron chi connectivity index (χ0n) is 14.0. The van der Waals surface area contributed by atoms with Crippen molar-refractivity contribution in [3.05, 3.63) is 47.0 Å². The van der Waals surface area contributed by atoms with Crippen molar-refractivity contribution in [1.29, 1.82) is 0 Å². The zero-order chi connectivity index (χ0) is 16.8. The highest BCUT2D eigenvalue weighted by molar-refractivity contribution is 5.88. The minimum atomic E-state index is -0.538. The smallest absolute Gasteiger partial charge is 0.336 e. The maximum atomic E-state index is 12.3. The Balaban J connectivity index is 2.09. The number of carbonyl (C=O) groups is 1. The van der Waals surface area contributed by atoms with Gasteiger partial charge in [-0.15, -0.1) is 0 Å². The molecule has 0 aliphatic heterocycles. The van der Waals surface area contributed by atoms with Crippen LogP contribution < -0.4 is 0 Å². The predicted octanol–water partition coefficient (Wildman–Crippen LogP) is 3.64. The average molecular weight is 316 g/mol. The molecule has 0 fully saturated rings. The van der Waals surface area contributed by atoms with Crippen LogP contribution in [0.15, 0.2) is 34.5 Å². The molecule has 3 atom stereocenters. The highest BCUT2D eigenvalue weighted by Gasteiger charge is 2.51. The zero-order valence-corrected chi connectivity index (χ0v) is 14.0. The third-order valence-corrected chi connectivity index (χ3v) is 5.67. The molecular formula is C19H24O4. The Hall–Kier alpha value is -1.81. The molecule has 1 aromatic heterocycles. The van der Waals surface area contributed by atoms with E-state index in [0.717, 1.165) is 36.1 Å². The summed E-state index contributed by atoms with van der Waals surface area (Å²) in [6.07, 6.45) is 6.49. The molecule has 2 aliphatic rings. The fourth-order valence-corrected chi connectivity index (χ4v) is 3.94. The Labute approximate surface area is 136 Å². The molecule has 0 radical (unpaired) electrons. The van der Waals surface area contributed by atoms with E-state index in [-0.39, 0.29) is 11.0 Å². The van der Waals surface area contributed by atoms with E-state index in [4.69, 9.17) is 14.3 Å². The van der Waals surface area contributed by atoms with Crippen LogP contribution >= 0.6 is 0 Å². The molecule has 2 aliphatic carbocycles. The molecule has 124 valence electrons. The second-order valence-electron chi connectivity index (χ2n) is 6.97. The van der Waals surface area contributed by atoms with E-state index in [0.29, 0.717) is 5.92 Å². The second kappa shape index (κ2) is 5.68. The van der Waals surface area contributed by atoms with Crippen molar-refractivity contribution >= 4 is 5.97 Å². The molecule has 1 N–H and O–H groups in total. The Morgan fingerprint density at radius 1 is 1.57 bits per heavy atom. The second-order valence-corrected chi connectivity index (χ2v) is 6.97. The van der Waals surface area contributed by atoms with Gasteiger partial charge in [-0.1, -0.05) is 32.1 Å². The topological polar surface area (TPSA) is 59.7 Å². The van der Waals surface area contributed by atoms with Gasteiger partial charge < -0.3 is 14.3 Å². The highest BCUT2D eigenvalue weighted by Crippen LogP contribution is 2.57. The van der Waals surface area contributed by atoms with Crippen molar-refractivity contribution in [3.63, 3.8) is 0 Å². The summed E-state index contributed by atoms with van der Waals surface area (Å²) in [6, 6.07) is 0. The number of ether oxygens (including phenoxy) is 1. The lowest BCUT2D eigenvalue weighted by atomic mass is 9.58. The van der Waals surface area contributed by atoms with Crippen LogP contribution in [0.2, 0.25) is 0 Å². The van der Waals surface area contributed by atoms with Crippen molar-refractivity contribution < 1.29 is 19.1 Å². The van der Waals surface area contributed by atoms with Crippen molar-refractivity contribution in [2.45, 2.75) is 46.1 Å². The van der Waals surface area contributed by atoms with E-state index < -0.39 is 18.7 Å². The van der Waals surface area contributed by atoms with Crippen molar-refractivity contribution in [2.75, 3.05) is 6.61 Å². The third kappa shape index (κ3) is 2.36. The summed E-state index contributed by atoms with van der Waals surface area (Å²) in [5.74, 6) is 0.738. The molecule has 0 saturated heterocycles. The number of rotatable bonds is 3. The molecule has 3 rings (SSSR count). The van der Waals surface area contributed by atoms with Gasteiger partial charge in [0.05, 0.1) is 18.4 Å². The summed E-state index contributed by atoms with van der Waals surface area (Å²) < 4.78 is 11.6. The van der Waals surface area contributed by atoms with E-state index in [9.17, 15) is 4.79 Å². The van der Waals surface area contributed by atoms with E-state index >= 15 is 0 Å². The van der Waals surface area contributed by atoms with Gasteiger partial charge in [-0.05, 0) is 31.2 Å². The molecule has 1 aromatic rings. The number of carbonyl (C=O) groups excluding carboxylic acids is 1. The third-order valence-electron chi connectivity index (χ3n) is 5.67. The average Bonchev–Trinajstić information content (AvgIpc) is 2.89. The first-order valence-corrected chi connectivity index (χ1v) is 8.15. The van der Waals surface area contributed by atoms with Gasteiger partial charge in [-0.25, -0.2) is 4.79 Å². The largest absolute Gasteiger partial charge is 0.468 e. The number of aliphatic hydroxyl groups excluding tert-OH is 1. The van der Waals surface area contributed by atoms with Crippen LogP contribution in [-0.2, 0) is 16.0 Å². The molecule has 1 heterocycles. The first kappa shape index (κ1) is 16.1. The Bertz CT molecular complexity index is 682. The molecule has 0 saturated carbocycles. The van der Waals surface area contributed by atoms with Crippen molar-refractivity contribution in [2.24, 2.45) is 11.3 Å².